The number of amides is 1. The fourth-order valence-electron chi connectivity index (χ4n) is 3.66. The van der Waals surface area contributed by atoms with Crippen molar-refractivity contribution in [2.45, 2.75) is 39.2 Å². The number of halogens is 1. The summed E-state index contributed by atoms with van der Waals surface area (Å²) in [5.41, 5.74) is 2.01. The Balaban J connectivity index is 1.61. The molecule has 3 aromatic rings. The van der Waals surface area contributed by atoms with Crippen LogP contribution < -0.4 is 5.32 Å². The third-order valence-electron chi connectivity index (χ3n) is 5.23. The molecular formula is C21H20ClN5O3. The summed E-state index contributed by atoms with van der Waals surface area (Å²) < 4.78 is 2.10. The summed E-state index contributed by atoms with van der Waals surface area (Å²) in [6.07, 6.45) is 4.20. The zero-order valence-electron chi connectivity index (χ0n) is 16.4. The molecule has 0 atom stereocenters. The normalized spacial score (nSPS) is 13.4. The minimum absolute atomic E-state index is 0.0205. The number of hydrogen-bond acceptors (Lipinski definition) is 5. The van der Waals surface area contributed by atoms with Gasteiger partial charge >= 0.3 is 0 Å². The van der Waals surface area contributed by atoms with Gasteiger partial charge in [0.15, 0.2) is 5.82 Å². The number of aromatic nitrogens is 3. The second-order valence-corrected chi connectivity index (χ2v) is 7.72. The van der Waals surface area contributed by atoms with Gasteiger partial charge in [0.2, 0.25) is 0 Å². The highest BCUT2D eigenvalue weighted by Crippen LogP contribution is 2.31. The number of benzene rings is 2. The first kappa shape index (κ1) is 20.0. The van der Waals surface area contributed by atoms with E-state index in [1.165, 1.54) is 18.2 Å². The minimum atomic E-state index is -0.468. The summed E-state index contributed by atoms with van der Waals surface area (Å²) in [5, 5.41) is 23.0. The van der Waals surface area contributed by atoms with Crippen LogP contribution in [0.15, 0.2) is 36.4 Å². The molecule has 0 saturated heterocycles. The van der Waals surface area contributed by atoms with E-state index >= 15 is 0 Å². The van der Waals surface area contributed by atoms with Crippen molar-refractivity contribution >= 4 is 28.9 Å². The highest BCUT2D eigenvalue weighted by Gasteiger charge is 2.19. The van der Waals surface area contributed by atoms with Crippen molar-refractivity contribution in [1.29, 1.82) is 0 Å². The van der Waals surface area contributed by atoms with E-state index in [0.29, 0.717) is 33.2 Å². The molecule has 0 aliphatic carbocycles. The van der Waals surface area contributed by atoms with Gasteiger partial charge < -0.3 is 9.88 Å². The van der Waals surface area contributed by atoms with Gasteiger partial charge in [-0.2, -0.15) is 0 Å². The molecule has 154 valence electrons. The highest BCUT2D eigenvalue weighted by atomic mass is 35.5. The summed E-state index contributed by atoms with van der Waals surface area (Å²) in [5.74, 6) is 1.29. The van der Waals surface area contributed by atoms with Crippen LogP contribution in [0.1, 0.15) is 41.0 Å². The third kappa shape index (κ3) is 3.91. The van der Waals surface area contributed by atoms with Crippen LogP contribution in [0.5, 0.6) is 0 Å². The molecule has 1 aromatic heterocycles. The van der Waals surface area contributed by atoms with Crippen LogP contribution in [0.3, 0.4) is 0 Å². The molecule has 8 nitrogen and oxygen atoms in total. The van der Waals surface area contributed by atoms with E-state index < -0.39 is 4.92 Å². The van der Waals surface area contributed by atoms with Gasteiger partial charge in [0.25, 0.3) is 11.6 Å². The molecule has 0 spiro atoms. The zero-order valence-corrected chi connectivity index (χ0v) is 17.1. The number of aryl methyl sites for hydroxylation is 2. The standard InChI is InChI=1S/C21H20ClN5O3/c1-13-11-14(6-9-18(13)27(29)30)21(28)23-15-7-8-17(22)16(12-15)20-25-24-19-5-3-2-4-10-26(19)20/h6-9,11-12H,2-5,10H2,1H3,(H,23,28). The Morgan fingerprint density at radius 1 is 1.17 bits per heavy atom. The molecule has 1 aliphatic rings. The van der Waals surface area contributed by atoms with Crippen molar-refractivity contribution in [2.24, 2.45) is 0 Å². The predicted octanol–water partition coefficient (Wildman–Crippen LogP) is 4.79. The number of nitro groups is 1. The van der Waals surface area contributed by atoms with E-state index in [9.17, 15) is 14.9 Å². The number of carbonyl (C=O) groups excluding carboxylic acids is 1. The van der Waals surface area contributed by atoms with Crippen LogP contribution in [-0.2, 0) is 13.0 Å². The molecule has 1 aliphatic heterocycles. The van der Waals surface area contributed by atoms with Gasteiger partial charge in [0.1, 0.15) is 5.82 Å². The number of hydrogen-bond donors (Lipinski definition) is 1. The predicted molar refractivity (Wildman–Crippen MR) is 114 cm³/mol. The molecule has 0 fully saturated rings. The van der Waals surface area contributed by atoms with Crippen LogP contribution >= 0.6 is 11.6 Å². The fraction of sp³-hybridized carbons (Fsp3) is 0.286. The van der Waals surface area contributed by atoms with Crippen molar-refractivity contribution in [1.82, 2.24) is 14.8 Å². The van der Waals surface area contributed by atoms with Crippen molar-refractivity contribution in [3.63, 3.8) is 0 Å². The molecule has 2 heterocycles. The number of carbonyl (C=O) groups is 1. The van der Waals surface area contributed by atoms with Gasteiger partial charge in [0, 0.05) is 41.4 Å². The average molecular weight is 426 g/mol. The average Bonchev–Trinajstić information content (AvgIpc) is 2.96. The lowest BCUT2D eigenvalue weighted by molar-refractivity contribution is -0.385. The third-order valence-corrected chi connectivity index (χ3v) is 5.56. The van der Waals surface area contributed by atoms with E-state index in [-0.39, 0.29) is 11.6 Å². The van der Waals surface area contributed by atoms with Crippen LogP contribution in [0.4, 0.5) is 11.4 Å². The molecule has 0 bridgehead atoms. The number of nitrogens with zero attached hydrogens (tertiary/aromatic N) is 4. The highest BCUT2D eigenvalue weighted by molar-refractivity contribution is 6.33. The zero-order chi connectivity index (χ0) is 21.3. The molecule has 1 amide bonds. The SMILES string of the molecule is Cc1cc(C(=O)Nc2ccc(Cl)c(-c3nnc4n3CCCCC4)c2)ccc1[N+](=O)[O-]. The van der Waals surface area contributed by atoms with E-state index in [1.54, 1.807) is 25.1 Å². The lowest BCUT2D eigenvalue weighted by Crippen LogP contribution is -2.12. The number of nitro benzene ring substituents is 1. The topological polar surface area (TPSA) is 103 Å². The lowest BCUT2D eigenvalue weighted by Gasteiger charge is -2.11. The second kappa shape index (κ2) is 8.23. The van der Waals surface area contributed by atoms with Gasteiger partial charge in [-0.25, -0.2) is 0 Å². The Bertz CT molecular complexity index is 1140. The van der Waals surface area contributed by atoms with Gasteiger partial charge in [-0.15, -0.1) is 10.2 Å². The van der Waals surface area contributed by atoms with Gasteiger partial charge in [-0.05, 0) is 50.1 Å². The molecule has 30 heavy (non-hydrogen) atoms. The minimum Gasteiger partial charge on any atom is -0.322 e. The summed E-state index contributed by atoms with van der Waals surface area (Å²) in [4.78, 5) is 23.2. The first-order valence-corrected chi connectivity index (χ1v) is 10.1. The first-order chi connectivity index (χ1) is 14.4. The number of fused-ring (bicyclic) bond motifs is 1. The van der Waals surface area contributed by atoms with Crippen LogP contribution in [0.2, 0.25) is 5.02 Å². The summed E-state index contributed by atoms with van der Waals surface area (Å²) in [6, 6.07) is 9.48. The molecule has 2 aromatic carbocycles. The van der Waals surface area contributed by atoms with Crippen molar-refractivity contribution in [2.75, 3.05) is 5.32 Å². The Kier molecular flexibility index (Phi) is 5.50. The van der Waals surface area contributed by atoms with Crippen LogP contribution in [-0.4, -0.2) is 25.6 Å². The Morgan fingerprint density at radius 2 is 2.00 bits per heavy atom. The molecule has 0 unspecified atom stereocenters. The fourth-order valence-corrected chi connectivity index (χ4v) is 3.87. The van der Waals surface area contributed by atoms with Crippen LogP contribution in [0, 0.1) is 17.0 Å². The maximum absolute atomic E-state index is 12.7. The first-order valence-electron chi connectivity index (χ1n) is 9.72. The van der Waals surface area contributed by atoms with Gasteiger partial charge in [-0.3, -0.25) is 14.9 Å². The lowest BCUT2D eigenvalue weighted by atomic mass is 10.1. The Labute approximate surface area is 178 Å². The van der Waals surface area contributed by atoms with Crippen molar-refractivity contribution in [3.8, 4) is 11.4 Å². The molecular weight excluding hydrogens is 406 g/mol. The van der Waals surface area contributed by atoms with Crippen molar-refractivity contribution < 1.29 is 9.72 Å². The number of anilines is 1. The molecule has 9 heteroatoms. The van der Waals surface area contributed by atoms with E-state index in [2.05, 4.69) is 20.1 Å². The van der Waals surface area contributed by atoms with Gasteiger partial charge in [0.05, 0.1) is 9.95 Å². The Hall–Kier alpha value is -3.26. The summed E-state index contributed by atoms with van der Waals surface area (Å²) in [6.45, 7) is 2.44. The van der Waals surface area contributed by atoms with Crippen molar-refractivity contribution in [3.05, 3.63) is 68.5 Å². The van der Waals surface area contributed by atoms with Gasteiger partial charge in [-0.1, -0.05) is 18.0 Å². The maximum Gasteiger partial charge on any atom is 0.272 e. The van der Waals surface area contributed by atoms with E-state index in [0.717, 1.165) is 38.1 Å². The summed E-state index contributed by atoms with van der Waals surface area (Å²) >= 11 is 6.43. The Morgan fingerprint density at radius 3 is 2.77 bits per heavy atom. The molecule has 0 saturated carbocycles. The molecule has 0 radical (unpaired) electrons. The number of nitrogens with one attached hydrogen (secondary N) is 1. The second-order valence-electron chi connectivity index (χ2n) is 7.31. The molecule has 4 rings (SSSR count). The van der Waals surface area contributed by atoms with E-state index in [4.69, 9.17) is 11.6 Å². The summed E-state index contributed by atoms with van der Waals surface area (Å²) in [7, 11) is 0. The smallest absolute Gasteiger partial charge is 0.272 e. The molecule has 1 N–H and O–H groups in total. The quantitative estimate of drug-likeness (QED) is 0.478. The largest absolute Gasteiger partial charge is 0.322 e. The maximum atomic E-state index is 12.7. The van der Waals surface area contributed by atoms with Crippen LogP contribution in [0.25, 0.3) is 11.4 Å². The number of rotatable bonds is 4. The monoisotopic (exact) mass is 425 g/mol. The van der Waals surface area contributed by atoms with E-state index in [1.807, 2.05) is 0 Å².